The van der Waals surface area contributed by atoms with E-state index in [-0.39, 0.29) is 11.8 Å². The van der Waals surface area contributed by atoms with Gasteiger partial charge in [0.15, 0.2) is 0 Å². The van der Waals surface area contributed by atoms with Gasteiger partial charge >= 0.3 is 0 Å². The third kappa shape index (κ3) is 5.06. The maximum Gasteiger partial charge on any atom is 0.270 e. The number of hydrogen-bond acceptors (Lipinski definition) is 3. The standard InChI is InChI=1S/C24H30N4O2/c1-4-19-12-10-11-17(2)22(19)27-21(29)14-6-5-8-15-25-24(30)23-18(3)26-20-13-7-9-16-28(20)23/h7,9-13,16H,4-6,8,14-15H2,1-3H3,(H,25,30)(H,27,29). The van der Waals surface area contributed by atoms with E-state index in [1.165, 1.54) is 0 Å². The highest BCUT2D eigenvalue weighted by Crippen LogP contribution is 2.21. The molecule has 2 amide bonds. The Hall–Kier alpha value is -3.15. The molecule has 0 saturated carbocycles. The molecule has 0 aliphatic heterocycles. The first-order valence-corrected chi connectivity index (χ1v) is 10.6. The second-order valence-corrected chi connectivity index (χ2v) is 7.55. The first-order valence-electron chi connectivity index (χ1n) is 10.6. The van der Waals surface area contributed by atoms with Gasteiger partial charge in [0, 0.05) is 24.8 Å². The number of aryl methyl sites for hydroxylation is 3. The van der Waals surface area contributed by atoms with Crippen LogP contribution < -0.4 is 10.6 Å². The molecule has 3 aromatic rings. The van der Waals surface area contributed by atoms with E-state index in [0.717, 1.165) is 53.8 Å². The minimum absolute atomic E-state index is 0.0457. The van der Waals surface area contributed by atoms with Crippen molar-refractivity contribution in [1.29, 1.82) is 0 Å². The Kier molecular flexibility index (Phi) is 7.22. The molecule has 2 N–H and O–H groups in total. The Morgan fingerprint density at radius 2 is 1.87 bits per heavy atom. The van der Waals surface area contributed by atoms with Crippen LogP contribution in [-0.4, -0.2) is 27.7 Å². The number of nitrogens with zero attached hydrogens (tertiary/aromatic N) is 2. The summed E-state index contributed by atoms with van der Waals surface area (Å²) in [6.45, 7) is 6.53. The van der Waals surface area contributed by atoms with E-state index in [0.29, 0.717) is 18.7 Å². The van der Waals surface area contributed by atoms with Crippen molar-refractivity contribution in [3.8, 4) is 0 Å². The molecule has 158 valence electrons. The van der Waals surface area contributed by atoms with E-state index in [1.807, 2.05) is 54.8 Å². The molecule has 0 fully saturated rings. The molecule has 2 heterocycles. The summed E-state index contributed by atoms with van der Waals surface area (Å²) in [7, 11) is 0. The first-order chi connectivity index (χ1) is 14.5. The fourth-order valence-corrected chi connectivity index (χ4v) is 3.66. The minimum Gasteiger partial charge on any atom is -0.351 e. The molecule has 0 bridgehead atoms. The Morgan fingerprint density at radius 3 is 2.67 bits per heavy atom. The number of hydrogen-bond donors (Lipinski definition) is 2. The van der Waals surface area contributed by atoms with Crippen molar-refractivity contribution in [2.24, 2.45) is 0 Å². The lowest BCUT2D eigenvalue weighted by Crippen LogP contribution is -2.26. The molecule has 0 spiro atoms. The van der Waals surface area contributed by atoms with Gasteiger partial charge in [0.05, 0.1) is 5.69 Å². The third-order valence-electron chi connectivity index (χ3n) is 5.29. The van der Waals surface area contributed by atoms with E-state index in [1.54, 1.807) is 0 Å². The van der Waals surface area contributed by atoms with Crippen LogP contribution in [0.2, 0.25) is 0 Å². The van der Waals surface area contributed by atoms with E-state index >= 15 is 0 Å². The number of anilines is 1. The largest absolute Gasteiger partial charge is 0.351 e. The van der Waals surface area contributed by atoms with Crippen LogP contribution in [0.1, 0.15) is 59.9 Å². The second kappa shape index (κ2) is 10.1. The van der Waals surface area contributed by atoms with Gasteiger partial charge in [-0.2, -0.15) is 0 Å². The van der Waals surface area contributed by atoms with E-state index in [2.05, 4.69) is 28.6 Å². The van der Waals surface area contributed by atoms with Gasteiger partial charge in [-0.15, -0.1) is 0 Å². The van der Waals surface area contributed by atoms with E-state index < -0.39 is 0 Å². The number of rotatable bonds is 9. The maximum atomic E-state index is 12.5. The van der Waals surface area contributed by atoms with Gasteiger partial charge in [-0.1, -0.05) is 37.6 Å². The number of unbranched alkanes of at least 4 members (excludes halogenated alkanes) is 2. The number of aromatic nitrogens is 2. The van der Waals surface area contributed by atoms with Crippen molar-refractivity contribution in [2.45, 2.75) is 52.9 Å². The fourth-order valence-electron chi connectivity index (χ4n) is 3.66. The molecule has 2 aromatic heterocycles. The zero-order valence-corrected chi connectivity index (χ0v) is 18.0. The predicted molar refractivity (Wildman–Crippen MR) is 120 cm³/mol. The van der Waals surface area contributed by atoms with Gasteiger partial charge < -0.3 is 10.6 Å². The van der Waals surface area contributed by atoms with Gasteiger partial charge in [-0.25, -0.2) is 4.98 Å². The summed E-state index contributed by atoms with van der Waals surface area (Å²) < 4.78 is 1.81. The molecule has 0 aliphatic carbocycles. The smallest absolute Gasteiger partial charge is 0.270 e. The molecular formula is C24H30N4O2. The average Bonchev–Trinajstić information content (AvgIpc) is 3.07. The van der Waals surface area contributed by atoms with Gasteiger partial charge in [-0.05, 0) is 56.4 Å². The summed E-state index contributed by atoms with van der Waals surface area (Å²) in [5.74, 6) is -0.0695. The normalized spacial score (nSPS) is 10.9. The zero-order valence-electron chi connectivity index (χ0n) is 18.0. The molecule has 0 saturated heterocycles. The summed E-state index contributed by atoms with van der Waals surface area (Å²) in [6, 6.07) is 11.8. The summed E-state index contributed by atoms with van der Waals surface area (Å²) >= 11 is 0. The van der Waals surface area contributed by atoms with Crippen LogP contribution in [0.5, 0.6) is 0 Å². The Morgan fingerprint density at radius 1 is 1.03 bits per heavy atom. The topological polar surface area (TPSA) is 75.5 Å². The predicted octanol–water partition coefficient (Wildman–Crippen LogP) is 4.44. The highest BCUT2D eigenvalue weighted by molar-refractivity contribution is 5.94. The monoisotopic (exact) mass is 406 g/mol. The summed E-state index contributed by atoms with van der Waals surface area (Å²) in [5.41, 5.74) is 5.27. The second-order valence-electron chi connectivity index (χ2n) is 7.55. The lowest BCUT2D eigenvalue weighted by molar-refractivity contribution is -0.116. The molecule has 6 nitrogen and oxygen atoms in total. The fraction of sp³-hybridized carbons (Fsp3) is 0.375. The SMILES string of the molecule is CCc1cccc(C)c1NC(=O)CCCCCNC(=O)c1c(C)nc2ccccn12. The molecule has 3 rings (SSSR count). The van der Waals surface area contributed by atoms with Gasteiger partial charge in [0.25, 0.3) is 5.91 Å². The molecule has 0 atom stereocenters. The van der Waals surface area contributed by atoms with Crippen molar-refractivity contribution in [3.05, 3.63) is 65.1 Å². The van der Waals surface area contributed by atoms with Crippen LogP contribution in [0, 0.1) is 13.8 Å². The number of pyridine rings is 1. The van der Waals surface area contributed by atoms with Crippen molar-refractivity contribution < 1.29 is 9.59 Å². The highest BCUT2D eigenvalue weighted by atomic mass is 16.2. The lowest BCUT2D eigenvalue weighted by Gasteiger charge is -2.13. The van der Waals surface area contributed by atoms with Crippen molar-refractivity contribution >= 4 is 23.1 Å². The Bertz CT molecular complexity index is 1040. The van der Waals surface area contributed by atoms with Crippen LogP contribution in [0.4, 0.5) is 5.69 Å². The first kappa shape index (κ1) is 21.6. The maximum absolute atomic E-state index is 12.5. The average molecular weight is 407 g/mol. The van der Waals surface area contributed by atoms with Crippen molar-refractivity contribution in [1.82, 2.24) is 14.7 Å². The summed E-state index contributed by atoms with van der Waals surface area (Å²) in [5, 5.41) is 6.03. The van der Waals surface area contributed by atoms with Crippen LogP contribution in [0.3, 0.4) is 0 Å². The van der Waals surface area contributed by atoms with Crippen LogP contribution in [-0.2, 0) is 11.2 Å². The molecule has 0 unspecified atom stereocenters. The van der Waals surface area contributed by atoms with Gasteiger partial charge in [0.1, 0.15) is 11.3 Å². The van der Waals surface area contributed by atoms with Crippen molar-refractivity contribution in [2.75, 3.05) is 11.9 Å². The molecular weight excluding hydrogens is 376 g/mol. The van der Waals surface area contributed by atoms with Crippen LogP contribution in [0.15, 0.2) is 42.6 Å². The number of carbonyl (C=O) groups is 2. The zero-order chi connectivity index (χ0) is 21.5. The molecule has 6 heteroatoms. The number of para-hydroxylation sites is 1. The third-order valence-corrected chi connectivity index (χ3v) is 5.29. The van der Waals surface area contributed by atoms with Gasteiger partial charge in [0.2, 0.25) is 5.91 Å². The molecule has 1 aromatic carbocycles. The minimum atomic E-state index is -0.115. The number of nitrogens with one attached hydrogen (secondary N) is 2. The lowest BCUT2D eigenvalue weighted by atomic mass is 10.1. The number of amides is 2. The Labute approximate surface area is 177 Å². The quantitative estimate of drug-likeness (QED) is 0.516. The number of fused-ring (bicyclic) bond motifs is 1. The number of benzene rings is 1. The molecule has 0 aliphatic rings. The highest BCUT2D eigenvalue weighted by Gasteiger charge is 2.15. The van der Waals surface area contributed by atoms with E-state index in [9.17, 15) is 9.59 Å². The molecule has 30 heavy (non-hydrogen) atoms. The Balaban J connectivity index is 1.40. The van der Waals surface area contributed by atoms with Gasteiger partial charge in [-0.3, -0.25) is 14.0 Å². The van der Waals surface area contributed by atoms with Crippen LogP contribution >= 0.6 is 0 Å². The molecule has 0 radical (unpaired) electrons. The number of carbonyl (C=O) groups excluding carboxylic acids is 2. The summed E-state index contributed by atoms with van der Waals surface area (Å²) in [4.78, 5) is 29.3. The van der Waals surface area contributed by atoms with E-state index in [4.69, 9.17) is 0 Å². The summed E-state index contributed by atoms with van der Waals surface area (Å²) in [6.07, 6.45) is 5.74. The van der Waals surface area contributed by atoms with Crippen LogP contribution in [0.25, 0.3) is 5.65 Å². The number of imidazole rings is 1. The van der Waals surface area contributed by atoms with Crippen molar-refractivity contribution in [3.63, 3.8) is 0 Å².